The van der Waals surface area contributed by atoms with Crippen LogP contribution in [0.4, 0.5) is 5.69 Å². The van der Waals surface area contributed by atoms with Crippen LogP contribution in [0, 0.1) is 12.3 Å². The van der Waals surface area contributed by atoms with Crippen molar-refractivity contribution < 1.29 is 4.79 Å². The summed E-state index contributed by atoms with van der Waals surface area (Å²) in [6, 6.07) is 6.05. The molecule has 1 aliphatic heterocycles. The van der Waals surface area contributed by atoms with Gasteiger partial charge in [-0.1, -0.05) is 32.0 Å². The first-order valence-electron chi connectivity index (χ1n) is 6.96. The fourth-order valence-corrected chi connectivity index (χ4v) is 4.03. The Morgan fingerprint density at radius 1 is 1.40 bits per heavy atom. The number of carbonyl (C=O) groups is 1. The van der Waals surface area contributed by atoms with Gasteiger partial charge in [-0.2, -0.15) is 0 Å². The van der Waals surface area contributed by atoms with Crippen LogP contribution in [-0.4, -0.2) is 23.9 Å². The highest BCUT2D eigenvalue weighted by atomic mass is 32.1. The van der Waals surface area contributed by atoms with Gasteiger partial charge in [0.1, 0.15) is 4.88 Å². The van der Waals surface area contributed by atoms with Crippen LogP contribution in [0.2, 0.25) is 0 Å². The van der Waals surface area contributed by atoms with Crippen molar-refractivity contribution in [2.45, 2.75) is 27.2 Å². The lowest BCUT2D eigenvalue weighted by Crippen LogP contribution is -2.30. The third-order valence-electron chi connectivity index (χ3n) is 4.11. The first-order chi connectivity index (χ1) is 9.39. The number of fused-ring (bicyclic) bond motifs is 1. The van der Waals surface area contributed by atoms with Crippen molar-refractivity contribution in [3.63, 3.8) is 0 Å². The number of benzene rings is 1. The number of rotatable bonds is 1. The van der Waals surface area contributed by atoms with Crippen LogP contribution >= 0.6 is 11.3 Å². The molecule has 1 amide bonds. The van der Waals surface area contributed by atoms with E-state index in [0.717, 1.165) is 29.6 Å². The number of carbonyl (C=O) groups excluding carboxylic acids is 1. The SMILES string of the molecule is Cc1cccc2c(N)c(C(=O)N3CCC(C)(C)C3)sc12. The predicted octanol–water partition coefficient (Wildman–Crippen LogP) is 3.66. The van der Waals surface area contributed by atoms with Crippen molar-refractivity contribution in [2.75, 3.05) is 18.8 Å². The summed E-state index contributed by atoms with van der Waals surface area (Å²) in [4.78, 5) is 15.3. The van der Waals surface area contributed by atoms with Crippen molar-refractivity contribution >= 4 is 33.0 Å². The van der Waals surface area contributed by atoms with E-state index in [9.17, 15) is 4.79 Å². The Labute approximate surface area is 123 Å². The van der Waals surface area contributed by atoms with Crippen molar-refractivity contribution in [2.24, 2.45) is 5.41 Å². The Bertz CT molecular complexity index is 687. The summed E-state index contributed by atoms with van der Waals surface area (Å²) in [5.41, 5.74) is 8.25. The summed E-state index contributed by atoms with van der Waals surface area (Å²) in [6.45, 7) is 8.12. The quantitative estimate of drug-likeness (QED) is 0.870. The molecule has 0 aliphatic carbocycles. The van der Waals surface area contributed by atoms with Crippen LogP contribution in [0.25, 0.3) is 10.1 Å². The van der Waals surface area contributed by atoms with Crippen LogP contribution in [-0.2, 0) is 0 Å². The van der Waals surface area contributed by atoms with Gasteiger partial charge in [-0.05, 0) is 24.3 Å². The van der Waals surface area contributed by atoms with Gasteiger partial charge in [0.25, 0.3) is 5.91 Å². The van der Waals surface area contributed by atoms with Crippen molar-refractivity contribution in [3.8, 4) is 0 Å². The number of nitrogens with two attached hydrogens (primary N) is 1. The van der Waals surface area contributed by atoms with Crippen molar-refractivity contribution in [1.29, 1.82) is 0 Å². The Kier molecular flexibility index (Phi) is 3.01. The Balaban J connectivity index is 2.01. The average molecular weight is 288 g/mol. The molecule has 2 N–H and O–H groups in total. The maximum atomic E-state index is 12.7. The highest BCUT2D eigenvalue weighted by Crippen LogP contribution is 2.38. The fourth-order valence-electron chi connectivity index (χ4n) is 2.87. The van der Waals surface area contributed by atoms with Crippen LogP contribution in [0.15, 0.2) is 18.2 Å². The molecule has 1 aromatic heterocycles. The van der Waals surface area contributed by atoms with Gasteiger partial charge in [-0.15, -0.1) is 11.3 Å². The largest absolute Gasteiger partial charge is 0.397 e. The Morgan fingerprint density at radius 3 is 2.75 bits per heavy atom. The number of anilines is 1. The summed E-state index contributed by atoms with van der Waals surface area (Å²) >= 11 is 1.53. The number of hydrogen-bond acceptors (Lipinski definition) is 3. The molecule has 0 bridgehead atoms. The van der Waals surface area contributed by atoms with Crippen LogP contribution in [0.3, 0.4) is 0 Å². The molecule has 3 nitrogen and oxygen atoms in total. The summed E-state index contributed by atoms with van der Waals surface area (Å²) in [5.74, 6) is 0.0914. The minimum atomic E-state index is 0.0914. The van der Waals surface area contributed by atoms with E-state index >= 15 is 0 Å². The predicted molar refractivity (Wildman–Crippen MR) is 85.3 cm³/mol. The lowest BCUT2D eigenvalue weighted by Gasteiger charge is -2.19. The summed E-state index contributed by atoms with van der Waals surface area (Å²) < 4.78 is 1.13. The van der Waals surface area contributed by atoms with Crippen LogP contribution in [0.5, 0.6) is 0 Å². The smallest absolute Gasteiger partial charge is 0.266 e. The zero-order valence-electron chi connectivity index (χ0n) is 12.2. The van der Waals surface area contributed by atoms with Gasteiger partial charge < -0.3 is 10.6 Å². The second-order valence-corrected chi connectivity index (χ2v) is 7.46. The first-order valence-corrected chi connectivity index (χ1v) is 7.77. The third-order valence-corrected chi connectivity index (χ3v) is 5.45. The normalized spacial score (nSPS) is 17.9. The Morgan fingerprint density at radius 2 is 2.15 bits per heavy atom. The highest BCUT2D eigenvalue weighted by Gasteiger charge is 2.33. The molecule has 0 saturated carbocycles. The lowest BCUT2D eigenvalue weighted by molar-refractivity contribution is 0.0784. The minimum Gasteiger partial charge on any atom is -0.397 e. The number of nitrogens with zero attached hydrogens (tertiary/aromatic N) is 1. The van der Waals surface area contributed by atoms with Gasteiger partial charge in [0.15, 0.2) is 0 Å². The molecule has 1 aliphatic rings. The molecule has 2 heterocycles. The molecule has 1 aromatic carbocycles. The van der Waals surface area contributed by atoms with E-state index in [0.29, 0.717) is 10.6 Å². The van der Waals surface area contributed by atoms with Gasteiger partial charge in [0, 0.05) is 23.2 Å². The second-order valence-electron chi connectivity index (χ2n) is 6.44. The zero-order chi connectivity index (χ0) is 14.5. The molecule has 1 fully saturated rings. The molecule has 106 valence electrons. The molecule has 0 radical (unpaired) electrons. The van der Waals surface area contributed by atoms with Gasteiger partial charge >= 0.3 is 0 Å². The highest BCUT2D eigenvalue weighted by molar-refractivity contribution is 7.21. The Hall–Kier alpha value is -1.55. The topological polar surface area (TPSA) is 46.3 Å². The van der Waals surface area contributed by atoms with Crippen LogP contribution < -0.4 is 5.73 Å². The number of aryl methyl sites for hydroxylation is 1. The maximum Gasteiger partial charge on any atom is 0.266 e. The molecule has 0 unspecified atom stereocenters. The fraction of sp³-hybridized carbons (Fsp3) is 0.438. The molecule has 1 saturated heterocycles. The molecule has 0 atom stereocenters. The molecule has 0 spiro atoms. The number of hydrogen-bond donors (Lipinski definition) is 1. The van der Waals surface area contributed by atoms with E-state index in [4.69, 9.17) is 5.73 Å². The molecule has 3 rings (SSSR count). The van der Waals surface area contributed by atoms with Gasteiger partial charge in [-0.3, -0.25) is 4.79 Å². The van der Waals surface area contributed by atoms with E-state index in [1.807, 2.05) is 17.0 Å². The molecular weight excluding hydrogens is 268 g/mol. The van der Waals surface area contributed by atoms with Gasteiger partial charge in [-0.25, -0.2) is 0 Å². The molecule has 2 aromatic rings. The summed E-state index contributed by atoms with van der Waals surface area (Å²) in [6.07, 6.45) is 1.06. The average Bonchev–Trinajstić information content (AvgIpc) is 2.91. The summed E-state index contributed by atoms with van der Waals surface area (Å²) in [5, 5.41) is 1.01. The van der Waals surface area contributed by atoms with E-state index in [-0.39, 0.29) is 11.3 Å². The first kappa shape index (κ1) is 13.4. The minimum absolute atomic E-state index is 0.0914. The number of amides is 1. The van der Waals surface area contributed by atoms with Crippen LogP contribution in [0.1, 0.15) is 35.5 Å². The van der Waals surface area contributed by atoms with Crippen molar-refractivity contribution in [3.05, 3.63) is 28.6 Å². The standard InChI is InChI=1S/C16H20N2OS/c1-10-5-4-6-11-12(17)14(20-13(10)11)15(19)18-8-7-16(2,3)9-18/h4-6H,7-9,17H2,1-3H3. The van der Waals surface area contributed by atoms with Crippen molar-refractivity contribution in [1.82, 2.24) is 4.90 Å². The van der Waals surface area contributed by atoms with E-state index in [1.165, 1.54) is 16.9 Å². The third kappa shape index (κ3) is 2.08. The lowest BCUT2D eigenvalue weighted by atomic mass is 9.93. The maximum absolute atomic E-state index is 12.7. The van der Waals surface area contributed by atoms with E-state index in [1.54, 1.807) is 0 Å². The number of likely N-dealkylation sites (tertiary alicyclic amines) is 1. The zero-order valence-corrected chi connectivity index (χ0v) is 13.0. The number of thiophene rings is 1. The van der Waals surface area contributed by atoms with Gasteiger partial charge in [0.2, 0.25) is 0 Å². The van der Waals surface area contributed by atoms with E-state index in [2.05, 4.69) is 26.8 Å². The molecule has 20 heavy (non-hydrogen) atoms. The summed E-state index contributed by atoms with van der Waals surface area (Å²) in [7, 11) is 0. The van der Waals surface area contributed by atoms with E-state index < -0.39 is 0 Å². The molecule has 4 heteroatoms. The molecular formula is C16H20N2OS. The monoisotopic (exact) mass is 288 g/mol. The number of nitrogen functional groups attached to an aromatic ring is 1. The second kappa shape index (κ2) is 4.48. The van der Waals surface area contributed by atoms with Gasteiger partial charge in [0.05, 0.1) is 5.69 Å².